The van der Waals surface area contributed by atoms with E-state index in [0.29, 0.717) is 21.8 Å². The molecule has 1 saturated carbocycles. The fourth-order valence-electron chi connectivity index (χ4n) is 5.93. The maximum atomic E-state index is 13.4. The highest BCUT2D eigenvalue weighted by atomic mass is 79.9. The van der Waals surface area contributed by atoms with Gasteiger partial charge in [0.05, 0.1) is 10.5 Å². The number of aliphatic carboxylic acids is 1. The highest BCUT2D eigenvalue weighted by molar-refractivity contribution is 9.10. The zero-order valence-corrected chi connectivity index (χ0v) is 27.6. The fraction of sp³-hybridized carbons (Fsp3) is 0.548. The minimum Gasteiger partial charge on any atom is -0.475 e. The van der Waals surface area contributed by atoms with Crippen molar-refractivity contribution < 1.29 is 32.7 Å². The van der Waals surface area contributed by atoms with Gasteiger partial charge in [0.2, 0.25) is 11.7 Å². The molecule has 1 aliphatic carbocycles. The Morgan fingerprint density at radius 3 is 2.32 bits per heavy atom. The number of carboxylic acid groups (broad SMARTS) is 1. The number of anilines is 1. The molecule has 2 saturated heterocycles. The number of piperidine rings is 1. The summed E-state index contributed by atoms with van der Waals surface area (Å²) in [6.45, 7) is 6.05. The summed E-state index contributed by atoms with van der Waals surface area (Å²) in [5.41, 5.74) is 4.72. The number of aromatic nitrogens is 2. The number of nitrogens with zero attached hydrogens (tertiary/aromatic N) is 7. The average molecular weight is 724 g/mol. The number of likely N-dealkylation sites (N-methyl/N-ethyl adjacent to an activating group) is 1. The largest absolute Gasteiger partial charge is 0.490 e. The van der Waals surface area contributed by atoms with Gasteiger partial charge in [-0.25, -0.2) is 9.78 Å². The van der Waals surface area contributed by atoms with Crippen LogP contribution in [0.4, 0.5) is 19.0 Å². The predicted molar refractivity (Wildman–Crippen MR) is 169 cm³/mol. The van der Waals surface area contributed by atoms with Gasteiger partial charge in [-0.2, -0.15) is 23.4 Å². The summed E-state index contributed by atoms with van der Waals surface area (Å²) in [4.78, 5) is 50.4. The number of piperazine rings is 1. The molecular weight excluding hydrogens is 685 g/mol. The lowest BCUT2D eigenvalue weighted by molar-refractivity contribution is -0.192. The Labute approximate surface area is 279 Å². The van der Waals surface area contributed by atoms with E-state index in [1.807, 2.05) is 35.2 Å². The van der Waals surface area contributed by atoms with Crippen LogP contribution in [0.15, 0.2) is 34.9 Å². The number of carbonyl (C=O) groups is 3. The quantitative estimate of drug-likeness (QED) is 0.405. The first-order valence-corrected chi connectivity index (χ1v) is 16.3. The first kappa shape index (κ1) is 36.0. The third-order valence-electron chi connectivity index (χ3n) is 8.56. The van der Waals surface area contributed by atoms with Gasteiger partial charge in [-0.1, -0.05) is 25.0 Å². The molecule has 3 aliphatic rings. The van der Waals surface area contributed by atoms with Gasteiger partial charge in [0.1, 0.15) is 6.07 Å². The van der Waals surface area contributed by atoms with Crippen LogP contribution < -0.4 is 10.4 Å². The second kappa shape index (κ2) is 16.3. The lowest BCUT2D eigenvalue weighted by Gasteiger charge is -2.37. The van der Waals surface area contributed by atoms with E-state index in [1.54, 1.807) is 11.2 Å². The summed E-state index contributed by atoms with van der Waals surface area (Å²) in [6, 6.07) is 9.82. The lowest BCUT2D eigenvalue weighted by Crippen LogP contribution is -2.50. The Morgan fingerprint density at radius 2 is 1.72 bits per heavy atom. The van der Waals surface area contributed by atoms with E-state index < -0.39 is 12.1 Å². The van der Waals surface area contributed by atoms with Crippen LogP contribution in [0.5, 0.6) is 0 Å². The molecule has 3 heterocycles. The summed E-state index contributed by atoms with van der Waals surface area (Å²) in [6.07, 6.45) is 2.26. The Balaban J connectivity index is 0.000000644. The van der Waals surface area contributed by atoms with E-state index in [1.165, 1.54) is 0 Å². The summed E-state index contributed by atoms with van der Waals surface area (Å²) in [5.74, 6) is -1.98. The van der Waals surface area contributed by atoms with Crippen LogP contribution in [0.25, 0.3) is 0 Å². The fourth-order valence-corrected chi connectivity index (χ4v) is 6.31. The Hall–Kier alpha value is -3.81. The topological polar surface area (TPSA) is 146 Å². The molecule has 16 heteroatoms. The third kappa shape index (κ3) is 10.1. The van der Waals surface area contributed by atoms with Crippen molar-refractivity contribution >= 4 is 39.5 Å². The number of nitriles is 1. The maximum absolute atomic E-state index is 13.4. The smallest absolute Gasteiger partial charge is 0.475 e. The number of hydrogen-bond acceptors (Lipinski definition) is 9. The monoisotopic (exact) mass is 722 g/mol. The van der Waals surface area contributed by atoms with Crippen molar-refractivity contribution in [2.75, 3.05) is 51.3 Å². The van der Waals surface area contributed by atoms with Crippen LogP contribution in [0.1, 0.15) is 60.3 Å². The highest BCUT2D eigenvalue weighted by Crippen LogP contribution is 2.30. The molecule has 2 N–H and O–H groups in total. The van der Waals surface area contributed by atoms with Crippen molar-refractivity contribution in [2.45, 2.75) is 57.3 Å². The summed E-state index contributed by atoms with van der Waals surface area (Å²) < 4.78 is 32.4. The summed E-state index contributed by atoms with van der Waals surface area (Å²) >= 11 is 3.50. The molecule has 254 valence electrons. The molecule has 0 radical (unpaired) electrons. The number of amides is 2. The molecule has 47 heavy (non-hydrogen) atoms. The van der Waals surface area contributed by atoms with Crippen LogP contribution in [0, 0.1) is 17.2 Å². The van der Waals surface area contributed by atoms with Gasteiger partial charge in [-0.05, 0) is 79.4 Å². The molecule has 0 unspecified atom stereocenters. The van der Waals surface area contributed by atoms with Gasteiger partial charge in [-0.3, -0.25) is 24.9 Å². The summed E-state index contributed by atoms with van der Waals surface area (Å²) in [5, 5.41) is 18.2. The molecule has 2 aliphatic heterocycles. The first-order valence-electron chi connectivity index (χ1n) is 15.5. The minimum atomic E-state index is -5.08. The Kier molecular flexibility index (Phi) is 12.5. The number of carbonyl (C=O) groups excluding carboxylic acids is 2. The van der Waals surface area contributed by atoms with Crippen LogP contribution in [-0.4, -0.2) is 106 Å². The third-order valence-corrected chi connectivity index (χ3v) is 9.11. The molecule has 1 aromatic carbocycles. The lowest BCUT2D eigenvalue weighted by atomic mass is 9.94. The average Bonchev–Trinajstić information content (AvgIpc) is 3.59. The van der Waals surface area contributed by atoms with Crippen molar-refractivity contribution in [3.05, 3.63) is 51.9 Å². The minimum absolute atomic E-state index is 0.0615. The molecule has 2 amide bonds. The zero-order valence-electron chi connectivity index (χ0n) is 26.0. The van der Waals surface area contributed by atoms with Crippen LogP contribution in [0.3, 0.4) is 0 Å². The number of carboxylic acids is 1. The van der Waals surface area contributed by atoms with E-state index in [-0.39, 0.29) is 23.7 Å². The highest BCUT2D eigenvalue weighted by Gasteiger charge is 2.38. The normalized spacial score (nSPS) is 18.2. The molecule has 5 rings (SSSR count). The second-order valence-electron chi connectivity index (χ2n) is 11.9. The maximum Gasteiger partial charge on any atom is 0.490 e. The molecule has 0 atom stereocenters. The number of likely N-dealkylation sites (tertiary alicyclic amines) is 1. The van der Waals surface area contributed by atoms with Gasteiger partial charge in [0.15, 0.2) is 5.82 Å². The second-order valence-corrected chi connectivity index (χ2v) is 12.8. The number of rotatable bonds is 7. The number of halogens is 4. The van der Waals surface area contributed by atoms with E-state index in [9.17, 15) is 28.0 Å². The molecular formula is C31H38BrF3N8O4. The van der Waals surface area contributed by atoms with Gasteiger partial charge in [0, 0.05) is 50.4 Å². The van der Waals surface area contributed by atoms with Gasteiger partial charge >= 0.3 is 12.1 Å². The van der Waals surface area contributed by atoms with Crippen LogP contribution in [-0.2, 0) is 16.1 Å². The van der Waals surface area contributed by atoms with Crippen LogP contribution >= 0.6 is 15.9 Å². The zero-order chi connectivity index (χ0) is 34.1. The Morgan fingerprint density at radius 1 is 1.09 bits per heavy atom. The van der Waals surface area contributed by atoms with Gasteiger partial charge in [0.25, 0.3) is 5.91 Å². The molecule has 0 spiro atoms. The molecule has 2 aromatic rings. The van der Waals surface area contributed by atoms with Gasteiger partial charge in [-0.15, -0.1) is 0 Å². The van der Waals surface area contributed by atoms with E-state index >= 15 is 0 Å². The van der Waals surface area contributed by atoms with Gasteiger partial charge < -0.3 is 14.9 Å². The molecule has 1 aromatic heterocycles. The number of hydrazine groups is 1. The molecule has 0 bridgehead atoms. The standard InChI is InChI=1S/C29H37BrN8O2.C2HF3O2/c1-35-13-15-37(16-14-35)29(40)22-9-11-36(12-10-22)20-21-5-4-6-23(17-21)28(39)34-38(24-7-2-3-8-24)27-25(30)19-32-26(18-31)33-27;3-2(4,5)1(6)7/h4-6,17,19,22,24H,2-3,7-16,20H2,1H3,(H,34,39);(H,6,7). The van der Waals surface area contributed by atoms with Crippen molar-refractivity contribution in [3.8, 4) is 6.07 Å². The van der Waals surface area contributed by atoms with E-state index in [0.717, 1.165) is 89.9 Å². The van der Waals surface area contributed by atoms with E-state index in [4.69, 9.17) is 9.90 Å². The number of hydrogen-bond donors (Lipinski definition) is 2. The van der Waals surface area contributed by atoms with Crippen molar-refractivity contribution in [2.24, 2.45) is 5.92 Å². The SMILES string of the molecule is CN1CCN(C(=O)C2CCN(Cc3cccc(C(=O)NN(c4nc(C#N)ncc4Br)C4CCCC4)c3)CC2)CC1.O=C(O)C(F)(F)F. The van der Waals surface area contributed by atoms with Crippen molar-refractivity contribution in [1.82, 2.24) is 30.1 Å². The predicted octanol–water partition coefficient (Wildman–Crippen LogP) is 3.82. The van der Waals surface area contributed by atoms with Crippen molar-refractivity contribution in [1.29, 1.82) is 5.26 Å². The van der Waals surface area contributed by atoms with E-state index in [2.05, 4.69) is 48.2 Å². The Bertz CT molecular complexity index is 1450. The summed E-state index contributed by atoms with van der Waals surface area (Å²) in [7, 11) is 2.10. The first-order chi connectivity index (χ1) is 22.3. The number of benzene rings is 1. The number of nitrogens with one attached hydrogen (secondary N) is 1. The van der Waals surface area contributed by atoms with Crippen LogP contribution in [0.2, 0.25) is 0 Å². The van der Waals surface area contributed by atoms with Crippen molar-refractivity contribution in [3.63, 3.8) is 0 Å². The molecule has 3 fully saturated rings. The molecule has 12 nitrogen and oxygen atoms in total. The number of alkyl halides is 3.